The zero-order valence-corrected chi connectivity index (χ0v) is 15.9. The number of benzene rings is 1. The molecule has 8 nitrogen and oxygen atoms in total. The topological polar surface area (TPSA) is 108 Å². The monoisotopic (exact) mass is 404 g/mol. The van der Waals surface area contributed by atoms with Gasteiger partial charge in [0, 0.05) is 13.0 Å². The Bertz CT molecular complexity index is 763. The summed E-state index contributed by atoms with van der Waals surface area (Å²) >= 11 is 0. The van der Waals surface area contributed by atoms with Gasteiger partial charge in [-0.1, -0.05) is 30.3 Å². The molecule has 0 saturated carbocycles. The minimum atomic E-state index is -0.994. The number of ketones is 2. The summed E-state index contributed by atoms with van der Waals surface area (Å²) in [5.41, 5.74) is 1.04. The summed E-state index contributed by atoms with van der Waals surface area (Å²) in [6.45, 7) is 0.760. The molecule has 3 aliphatic rings. The van der Waals surface area contributed by atoms with E-state index in [1.807, 2.05) is 30.3 Å². The number of rotatable bonds is 7. The smallest absolute Gasteiger partial charge is 0.305 e. The van der Waals surface area contributed by atoms with Crippen molar-refractivity contribution in [2.45, 2.75) is 68.9 Å². The molecule has 3 aliphatic heterocycles. The molecule has 0 amide bonds. The van der Waals surface area contributed by atoms with Gasteiger partial charge in [0.15, 0.2) is 23.8 Å². The summed E-state index contributed by atoms with van der Waals surface area (Å²) < 4.78 is 22.8. The van der Waals surface area contributed by atoms with E-state index < -0.39 is 42.6 Å². The Morgan fingerprint density at radius 2 is 1.76 bits per heavy atom. The molecule has 6 atom stereocenters. The van der Waals surface area contributed by atoms with Crippen LogP contribution in [-0.2, 0) is 39.9 Å². The van der Waals surface area contributed by atoms with E-state index >= 15 is 0 Å². The molecule has 0 unspecified atom stereocenters. The van der Waals surface area contributed by atoms with E-state index in [-0.39, 0.29) is 18.0 Å². The van der Waals surface area contributed by atoms with E-state index in [1.165, 1.54) is 0 Å². The Balaban J connectivity index is 1.31. The molecule has 3 heterocycles. The van der Waals surface area contributed by atoms with Gasteiger partial charge in [0.25, 0.3) is 0 Å². The van der Waals surface area contributed by atoms with Gasteiger partial charge in [0.2, 0.25) is 0 Å². The summed E-state index contributed by atoms with van der Waals surface area (Å²) in [5.74, 6) is -1.54. The van der Waals surface area contributed by atoms with Gasteiger partial charge in [-0.15, -0.1) is 0 Å². The first-order chi connectivity index (χ1) is 14.0. The second-order valence-corrected chi connectivity index (χ2v) is 7.63. The predicted octanol–water partition coefficient (Wildman–Crippen LogP) is 1.29. The lowest BCUT2D eigenvalue weighted by Crippen LogP contribution is -2.58. The number of carbonyl (C=O) groups excluding carboxylic acids is 2. The summed E-state index contributed by atoms with van der Waals surface area (Å²) in [4.78, 5) is 36.4. The highest BCUT2D eigenvalue weighted by atomic mass is 16.6. The maximum absolute atomic E-state index is 12.8. The van der Waals surface area contributed by atoms with Gasteiger partial charge in [-0.05, 0) is 18.4 Å². The Hall–Kier alpha value is -2.13. The molecule has 0 bridgehead atoms. The van der Waals surface area contributed by atoms with Gasteiger partial charge >= 0.3 is 5.97 Å². The third-order valence-electron chi connectivity index (χ3n) is 5.55. The summed E-state index contributed by atoms with van der Waals surface area (Å²) in [6, 6.07) is 9.70. The molecule has 1 N–H and O–H groups in total. The molecular weight excluding hydrogens is 380 g/mol. The number of carbonyl (C=O) groups is 3. The quantitative estimate of drug-likeness (QED) is 0.678. The van der Waals surface area contributed by atoms with Crippen LogP contribution in [-0.4, -0.2) is 65.9 Å². The number of hydrogen-bond acceptors (Lipinski definition) is 7. The highest BCUT2D eigenvalue weighted by molar-refractivity contribution is 6.00. The number of fused-ring (bicyclic) bond motifs is 2. The first-order valence-corrected chi connectivity index (χ1v) is 9.90. The number of aliphatic carboxylic acids is 1. The van der Waals surface area contributed by atoms with Crippen LogP contribution in [0.2, 0.25) is 0 Å². The fourth-order valence-electron chi connectivity index (χ4n) is 4.12. The number of carboxylic acids is 1. The lowest BCUT2D eigenvalue weighted by atomic mass is 9.89. The zero-order valence-electron chi connectivity index (χ0n) is 15.9. The van der Waals surface area contributed by atoms with Crippen molar-refractivity contribution in [2.75, 3.05) is 6.61 Å². The molecule has 3 saturated heterocycles. The van der Waals surface area contributed by atoms with Gasteiger partial charge in [0.05, 0.1) is 25.2 Å². The van der Waals surface area contributed by atoms with Crippen molar-refractivity contribution in [1.82, 2.24) is 0 Å². The lowest BCUT2D eigenvalue weighted by Gasteiger charge is -2.41. The van der Waals surface area contributed by atoms with Crippen molar-refractivity contribution < 1.29 is 38.4 Å². The Kier molecular flexibility index (Phi) is 6.05. The van der Waals surface area contributed by atoms with Crippen molar-refractivity contribution in [3.8, 4) is 0 Å². The lowest BCUT2D eigenvalue weighted by molar-refractivity contribution is -0.207. The summed E-state index contributed by atoms with van der Waals surface area (Å²) in [5, 5.41) is 8.95. The Morgan fingerprint density at radius 1 is 1.00 bits per heavy atom. The minimum absolute atomic E-state index is 0.161. The second kappa shape index (κ2) is 8.71. The van der Waals surface area contributed by atoms with Gasteiger partial charge in [-0.3, -0.25) is 14.4 Å². The number of carboxylic acid groups (broad SMARTS) is 1. The van der Waals surface area contributed by atoms with E-state index in [0.717, 1.165) is 5.56 Å². The fraction of sp³-hybridized carbons (Fsp3) is 0.571. The summed E-state index contributed by atoms with van der Waals surface area (Å²) in [7, 11) is 0. The van der Waals surface area contributed by atoms with Gasteiger partial charge < -0.3 is 24.1 Å². The van der Waals surface area contributed by atoms with Crippen LogP contribution in [0.5, 0.6) is 0 Å². The predicted molar refractivity (Wildman–Crippen MR) is 98.2 cm³/mol. The maximum atomic E-state index is 12.8. The van der Waals surface area contributed by atoms with Crippen LogP contribution in [0.25, 0.3) is 0 Å². The van der Waals surface area contributed by atoms with Crippen LogP contribution >= 0.6 is 0 Å². The molecular formula is C21H24O8. The Labute approximate surface area is 168 Å². The molecule has 3 fully saturated rings. The van der Waals surface area contributed by atoms with Crippen LogP contribution in [0, 0.1) is 0 Å². The highest BCUT2D eigenvalue weighted by Crippen LogP contribution is 2.36. The van der Waals surface area contributed by atoms with Crippen LogP contribution in [0.1, 0.15) is 31.2 Å². The largest absolute Gasteiger partial charge is 0.481 e. The third kappa shape index (κ3) is 4.40. The van der Waals surface area contributed by atoms with Crippen molar-refractivity contribution in [3.05, 3.63) is 35.9 Å². The second-order valence-electron chi connectivity index (χ2n) is 7.63. The van der Waals surface area contributed by atoms with Crippen LogP contribution in [0.3, 0.4) is 0 Å². The van der Waals surface area contributed by atoms with Gasteiger partial charge in [-0.2, -0.15) is 0 Å². The van der Waals surface area contributed by atoms with Crippen molar-refractivity contribution in [2.24, 2.45) is 0 Å². The van der Waals surface area contributed by atoms with Gasteiger partial charge in [-0.25, -0.2) is 0 Å². The van der Waals surface area contributed by atoms with E-state index in [1.54, 1.807) is 0 Å². The number of Topliss-reactive ketones (excluding diaryl/α,β-unsaturated/α-hetero) is 2. The first-order valence-electron chi connectivity index (χ1n) is 9.90. The molecule has 0 aliphatic carbocycles. The zero-order chi connectivity index (χ0) is 20.4. The van der Waals surface area contributed by atoms with Gasteiger partial charge in [0.1, 0.15) is 12.2 Å². The maximum Gasteiger partial charge on any atom is 0.305 e. The standard InChI is InChI=1S/C21H24O8/c22-16(23)10-13-6-7-15-19(27-13)18(25)21-20(29-15)17(24)14(28-21)8-9-26-11-12-4-2-1-3-5-12/h1-5,13-15,19-21H,6-11H2,(H,22,23)/t13-,14-,15+,19+,20+,21+/m1/s1. The van der Waals surface area contributed by atoms with Crippen LogP contribution in [0.15, 0.2) is 30.3 Å². The highest BCUT2D eigenvalue weighted by Gasteiger charge is 2.56. The van der Waals surface area contributed by atoms with Crippen LogP contribution < -0.4 is 0 Å². The van der Waals surface area contributed by atoms with Crippen LogP contribution in [0.4, 0.5) is 0 Å². The molecule has 1 aromatic rings. The van der Waals surface area contributed by atoms with E-state index in [0.29, 0.717) is 32.5 Å². The fourth-order valence-corrected chi connectivity index (χ4v) is 4.12. The first kappa shape index (κ1) is 20.2. The number of hydrogen-bond donors (Lipinski definition) is 1. The number of ether oxygens (including phenoxy) is 4. The SMILES string of the molecule is O=C(O)C[C@H]1CC[C@@H]2O[C@H]3C(=O)[C@@H](CCOCc4ccccc4)O[C@H]3C(=O)[C@H]2O1. The molecule has 0 aromatic heterocycles. The third-order valence-corrected chi connectivity index (χ3v) is 5.55. The van der Waals surface area contributed by atoms with Crippen molar-refractivity contribution in [1.29, 1.82) is 0 Å². The molecule has 1 aromatic carbocycles. The van der Waals surface area contributed by atoms with Crippen molar-refractivity contribution >= 4 is 17.5 Å². The molecule has 156 valence electrons. The van der Waals surface area contributed by atoms with Crippen molar-refractivity contribution in [3.63, 3.8) is 0 Å². The Morgan fingerprint density at radius 3 is 2.52 bits per heavy atom. The average molecular weight is 404 g/mol. The van der Waals surface area contributed by atoms with E-state index in [2.05, 4.69) is 0 Å². The average Bonchev–Trinajstić information content (AvgIpc) is 3.02. The minimum Gasteiger partial charge on any atom is -0.481 e. The normalized spacial score (nSPS) is 33.9. The molecule has 29 heavy (non-hydrogen) atoms. The molecule has 0 radical (unpaired) electrons. The van der Waals surface area contributed by atoms with E-state index in [4.69, 9.17) is 24.1 Å². The molecule has 8 heteroatoms. The molecule has 0 spiro atoms. The molecule has 4 rings (SSSR count). The van der Waals surface area contributed by atoms with E-state index in [9.17, 15) is 14.4 Å². The summed E-state index contributed by atoms with van der Waals surface area (Å²) in [6.07, 6.45) is -3.46.